The van der Waals surface area contributed by atoms with Crippen LogP contribution in [-0.4, -0.2) is 49.8 Å². The first-order valence-corrected chi connectivity index (χ1v) is 4.83. The first-order chi connectivity index (χ1) is 7.11. The molecule has 0 saturated heterocycles. The summed E-state index contributed by atoms with van der Waals surface area (Å²) in [6.07, 6.45) is 0.265. The number of hydrogen-bond acceptors (Lipinski definition) is 4. The molecule has 15 heavy (non-hydrogen) atoms. The van der Waals surface area contributed by atoms with Crippen LogP contribution in [0.2, 0.25) is 0 Å². The summed E-state index contributed by atoms with van der Waals surface area (Å²) in [4.78, 5) is 21.9. The van der Waals surface area contributed by atoms with Crippen molar-refractivity contribution in [3.05, 3.63) is 0 Å². The number of methoxy groups -OCH3 is 1. The van der Waals surface area contributed by atoms with Gasteiger partial charge in [-0.3, -0.25) is 4.79 Å². The first-order valence-electron chi connectivity index (χ1n) is 4.83. The third kappa shape index (κ3) is 6.87. The van der Waals surface area contributed by atoms with Crippen LogP contribution in [0.1, 0.15) is 13.3 Å². The van der Waals surface area contributed by atoms with Crippen molar-refractivity contribution >= 4 is 11.9 Å². The summed E-state index contributed by atoms with van der Waals surface area (Å²) in [7, 11) is 1.39. The van der Waals surface area contributed by atoms with Gasteiger partial charge in [-0.2, -0.15) is 0 Å². The number of ether oxygens (including phenoxy) is 1. The fraction of sp³-hybridized carbons (Fsp3) is 0.778. The first kappa shape index (κ1) is 13.9. The van der Waals surface area contributed by atoms with Crippen molar-refractivity contribution in [2.75, 3.05) is 26.8 Å². The predicted molar refractivity (Wildman–Crippen MR) is 54.6 cm³/mol. The van der Waals surface area contributed by atoms with Crippen LogP contribution < -0.4 is 10.6 Å². The molecule has 0 aliphatic rings. The van der Waals surface area contributed by atoms with Crippen molar-refractivity contribution in [3.8, 4) is 0 Å². The van der Waals surface area contributed by atoms with E-state index in [9.17, 15) is 9.59 Å². The molecule has 0 aliphatic carbocycles. The molecule has 0 bridgehead atoms. The van der Waals surface area contributed by atoms with Gasteiger partial charge in [0.2, 0.25) is 5.91 Å². The maximum Gasteiger partial charge on any atom is 0.328 e. The molecule has 1 atom stereocenters. The fourth-order valence-corrected chi connectivity index (χ4v) is 0.987. The van der Waals surface area contributed by atoms with Crippen LogP contribution in [0.3, 0.4) is 0 Å². The zero-order valence-corrected chi connectivity index (χ0v) is 9.08. The predicted octanol–water partition coefficient (Wildman–Crippen LogP) is -0.798. The van der Waals surface area contributed by atoms with Crippen molar-refractivity contribution in [3.63, 3.8) is 0 Å². The van der Waals surface area contributed by atoms with Gasteiger partial charge < -0.3 is 20.5 Å². The quantitative estimate of drug-likeness (QED) is 0.464. The van der Waals surface area contributed by atoms with Gasteiger partial charge in [-0.25, -0.2) is 4.79 Å². The molecule has 0 heterocycles. The molecule has 1 amide bonds. The zero-order valence-electron chi connectivity index (χ0n) is 9.08. The number of nitrogens with one attached hydrogen (secondary N) is 2. The van der Waals surface area contributed by atoms with Gasteiger partial charge in [0.15, 0.2) is 6.04 Å². The van der Waals surface area contributed by atoms with Gasteiger partial charge in [0, 0.05) is 20.1 Å². The Balaban J connectivity index is 3.84. The van der Waals surface area contributed by atoms with Gasteiger partial charge in [0.1, 0.15) is 0 Å². The average molecular weight is 218 g/mol. The molecule has 3 N–H and O–H groups in total. The van der Waals surface area contributed by atoms with Gasteiger partial charge in [-0.1, -0.05) is 6.92 Å². The smallest absolute Gasteiger partial charge is 0.328 e. The van der Waals surface area contributed by atoms with Crippen LogP contribution in [0.25, 0.3) is 0 Å². The van der Waals surface area contributed by atoms with Crippen LogP contribution >= 0.6 is 0 Å². The molecule has 0 radical (unpaired) electrons. The fourth-order valence-electron chi connectivity index (χ4n) is 0.987. The molecule has 0 aliphatic heterocycles. The van der Waals surface area contributed by atoms with Gasteiger partial charge >= 0.3 is 5.97 Å². The average Bonchev–Trinajstić information content (AvgIpc) is 2.17. The van der Waals surface area contributed by atoms with E-state index in [1.54, 1.807) is 0 Å². The Kier molecular flexibility index (Phi) is 7.57. The second-order valence-electron chi connectivity index (χ2n) is 3.02. The molecule has 0 aromatic rings. The zero-order chi connectivity index (χ0) is 11.7. The Morgan fingerprint density at radius 2 is 2.13 bits per heavy atom. The van der Waals surface area contributed by atoms with E-state index in [1.807, 2.05) is 6.92 Å². The second-order valence-corrected chi connectivity index (χ2v) is 3.02. The molecule has 0 fully saturated rings. The summed E-state index contributed by atoms with van der Waals surface area (Å²) in [6, 6.07) is -0.968. The van der Waals surface area contributed by atoms with Crippen LogP contribution in [0.5, 0.6) is 0 Å². The number of carbonyl (C=O) groups is 2. The Hall–Kier alpha value is -1.14. The molecule has 6 nitrogen and oxygen atoms in total. The topological polar surface area (TPSA) is 87.7 Å². The molecule has 0 aromatic carbocycles. The monoisotopic (exact) mass is 218 g/mol. The lowest BCUT2D eigenvalue weighted by Gasteiger charge is -2.13. The van der Waals surface area contributed by atoms with E-state index in [2.05, 4.69) is 15.4 Å². The Bertz CT molecular complexity index is 208. The minimum absolute atomic E-state index is 0.0255. The summed E-state index contributed by atoms with van der Waals surface area (Å²) >= 11 is 0. The molecule has 0 rings (SSSR count). The highest BCUT2D eigenvalue weighted by Crippen LogP contribution is 1.87. The molecular weight excluding hydrogens is 200 g/mol. The highest BCUT2D eigenvalue weighted by Gasteiger charge is 2.18. The molecule has 6 heteroatoms. The van der Waals surface area contributed by atoms with Gasteiger partial charge in [0.05, 0.1) is 6.61 Å². The van der Waals surface area contributed by atoms with Crippen LogP contribution in [-0.2, 0) is 14.3 Å². The van der Waals surface area contributed by atoms with Gasteiger partial charge in [0.25, 0.3) is 0 Å². The van der Waals surface area contributed by atoms with E-state index in [-0.39, 0.29) is 18.9 Å². The standard InChI is InChI=1S/C9H18N2O4/c1-3-10-5-4-8(12)11-7(6-15-2)9(13)14/h7,10H,3-6H2,1-2H3,(H,11,12)(H,13,14). The van der Waals surface area contributed by atoms with E-state index in [0.29, 0.717) is 6.54 Å². The lowest BCUT2D eigenvalue weighted by atomic mass is 10.3. The Morgan fingerprint density at radius 3 is 2.60 bits per heavy atom. The van der Waals surface area contributed by atoms with Gasteiger partial charge in [-0.15, -0.1) is 0 Å². The van der Waals surface area contributed by atoms with E-state index < -0.39 is 12.0 Å². The maximum atomic E-state index is 11.2. The molecule has 1 unspecified atom stereocenters. The Labute approximate surface area is 89.0 Å². The number of rotatable bonds is 8. The maximum absolute atomic E-state index is 11.2. The summed E-state index contributed by atoms with van der Waals surface area (Å²) in [5.74, 6) is -1.38. The number of carboxylic acid groups (broad SMARTS) is 1. The van der Waals surface area contributed by atoms with E-state index in [1.165, 1.54) is 7.11 Å². The minimum atomic E-state index is -1.09. The molecule has 0 saturated carbocycles. The lowest BCUT2D eigenvalue weighted by molar-refractivity contribution is -0.143. The lowest BCUT2D eigenvalue weighted by Crippen LogP contribution is -2.44. The van der Waals surface area contributed by atoms with E-state index in [4.69, 9.17) is 5.11 Å². The summed E-state index contributed by atoms with van der Waals surface area (Å²) in [6.45, 7) is 3.24. The summed E-state index contributed by atoms with van der Waals surface area (Å²) in [5.41, 5.74) is 0. The van der Waals surface area contributed by atoms with Crippen molar-refractivity contribution in [2.45, 2.75) is 19.4 Å². The minimum Gasteiger partial charge on any atom is -0.480 e. The van der Waals surface area contributed by atoms with Crippen molar-refractivity contribution in [1.82, 2.24) is 10.6 Å². The largest absolute Gasteiger partial charge is 0.480 e. The number of amides is 1. The van der Waals surface area contributed by atoms with Crippen LogP contribution in [0.4, 0.5) is 0 Å². The second kappa shape index (κ2) is 8.19. The van der Waals surface area contributed by atoms with Crippen LogP contribution in [0, 0.1) is 0 Å². The normalized spacial score (nSPS) is 12.1. The number of hydrogen-bond donors (Lipinski definition) is 3. The number of carboxylic acids is 1. The number of carbonyl (C=O) groups excluding carboxylic acids is 1. The molecule has 88 valence electrons. The highest BCUT2D eigenvalue weighted by molar-refractivity contribution is 5.83. The summed E-state index contributed by atoms with van der Waals surface area (Å²) < 4.78 is 4.68. The Morgan fingerprint density at radius 1 is 1.47 bits per heavy atom. The van der Waals surface area contributed by atoms with Crippen LogP contribution in [0.15, 0.2) is 0 Å². The van der Waals surface area contributed by atoms with Crippen molar-refractivity contribution < 1.29 is 19.4 Å². The SMILES string of the molecule is CCNCCC(=O)NC(COC)C(=O)O. The van der Waals surface area contributed by atoms with Crippen molar-refractivity contribution in [1.29, 1.82) is 0 Å². The van der Waals surface area contributed by atoms with Crippen molar-refractivity contribution in [2.24, 2.45) is 0 Å². The number of aliphatic carboxylic acids is 1. The highest BCUT2D eigenvalue weighted by atomic mass is 16.5. The van der Waals surface area contributed by atoms with Gasteiger partial charge in [-0.05, 0) is 6.54 Å². The molecule has 0 aromatic heterocycles. The third-order valence-electron chi connectivity index (χ3n) is 1.75. The summed E-state index contributed by atoms with van der Waals surface area (Å²) in [5, 5.41) is 14.1. The molecule has 0 spiro atoms. The van der Waals surface area contributed by atoms with E-state index in [0.717, 1.165) is 6.54 Å². The third-order valence-corrected chi connectivity index (χ3v) is 1.75. The van der Waals surface area contributed by atoms with E-state index >= 15 is 0 Å². The molecular formula is C9H18N2O4.